The molecule has 0 aromatic heterocycles. The molecule has 0 saturated carbocycles. The van der Waals surface area contributed by atoms with Crippen molar-refractivity contribution in [1.82, 2.24) is 4.90 Å². The van der Waals surface area contributed by atoms with Crippen LogP contribution in [0.15, 0.2) is 21.1 Å². The van der Waals surface area contributed by atoms with Gasteiger partial charge in [0.05, 0.1) is 15.5 Å². The second-order valence-electron chi connectivity index (χ2n) is 3.45. The molecular formula is C10H11Br2NO2. The first-order chi connectivity index (χ1) is 6.91. The Morgan fingerprint density at radius 3 is 2.20 bits per heavy atom. The third kappa shape index (κ3) is 3.29. The van der Waals surface area contributed by atoms with Crippen molar-refractivity contribution in [3.05, 3.63) is 26.6 Å². The van der Waals surface area contributed by atoms with Gasteiger partial charge in [-0.1, -0.05) is 0 Å². The van der Waals surface area contributed by atoms with Crippen LogP contribution < -0.4 is 0 Å². The fraction of sp³-hybridized carbons (Fsp3) is 0.300. The molecule has 0 radical (unpaired) electrons. The van der Waals surface area contributed by atoms with Gasteiger partial charge in [0.1, 0.15) is 5.75 Å². The van der Waals surface area contributed by atoms with Gasteiger partial charge in [-0.05, 0) is 58.1 Å². The monoisotopic (exact) mass is 335 g/mol. The van der Waals surface area contributed by atoms with Gasteiger partial charge in [0.25, 0.3) is 0 Å². The summed E-state index contributed by atoms with van der Waals surface area (Å²) in [7, 11) is 3.67. The fourth-order valence-electron chi connectivity index (χ4n) is 1.11. The molecule has 82 valence electrons. The Morgan fingerprint density at radius 1 is 1.33 bits per heavy atom. The lowest BCUT2D eigenvalue weighted by Gasteiger charge is -2.09. The minimum absolute atomic E-state index is 0.0152. The number of benzene rings is 1. The van der Waals surface area contributed by atoms with Crippen LogP contribution in [0.3, 0.4) is 0 Å². The molecule has 0 aliphatic heterocycles. The zero-order chi connectivity index (χ0) is 11.6. The van der Waals surface area contributed by atoms with E-state index in [4.69, 9.17) is 0 Å². The standard InChI is InChI=1S/C10H11Br2NO2/c1-13(2)5-9(14)6-3-7(11)10(15)8(12)4-6/h3-4,15H,5H2,1-2H3. The van der Waals surface area contributed by atoms with E-state index >= 15 is 0 Å². The number of nitrogens with zero attached hydrogens (tertiary/aromatic N) is 1. The Kier molecular flexibility index (Phi) is 4.31. The molecule has 0 saturated heterocycles. The van der Waals surface area contributed by atoms with E-state index in [-0.39, 0.29) is 11.5 Å². The van der Waals surface area contributed by atoms with E-state index < -0.39 is 0 Å². The number of Topliss-reactive ketones (excluding diaryl/α,β-unsaturated/α-hetero) is 1. The van der Waals surface area contributed by atoms with Crippen LogP contribution in [0.4, 0.5) is 0 Å². The molecule has 0 aliphatic carbocycles. The van der Waals surface area contributed by atoms with Crippen molar-refractivity contribution in [3.8, 4) is 5.75 Å². The van der Waals surface area contributed by atoms with Crippen LogP contribution in [-0.4, -0.2) is 36.4 Å². The Bertz CT molecular complexity index is 368. The zero-order valence-corrected chi connectivity index (χ0v) is 11.6. The first-order valence-electron chi connectivity index (χ1n) is 4.27. The maximum atomic E-state index is 11.7. The molecule has 1 aromatic rings. The molecule has 0 amide bonds. The van der Waals surface area contributed by atoms with Crippen LogP contribution in [0.5, 0.6) is 5.75 Å². The third-order valence-electron chi connectivity index (χ3n) is 1.80. The van der Waals surface area contributed by atoms with Crippen molar-refractivity contribution in [1.29, 1.82) is 0 Å². The Morgan fingerprint density at radius 2 is 1.80 bits per heavy atom. The first kappa shape index (κ1) is 12.7. The predicted molar refractivity (Wildman–Crippen MR) is 66.4 cm³/mol. The number of hydrogen-bond donors (Lipinski definition) is 1. The molecule has 0 heterocycles. The van der Waals surface area contributed by atoms with Crippen LogP contribution in [0, 0.1) is 0 Å². The van der Waals surface area contributed by atoms with Gasteiger partial charge in [-0.3, -0.25) is 4.79 Å². The normalized spacial score (nSPS) is 10.7. The van der Waals surface area contributed by atoms with Crippen LogP contribution >= 0.6 is 31.9 Å². The highest BCUT2D eigenvalue weighted by molar-refractivity contribution is 9.11. The van der Waals surface area contributed by atoms with Crippen LogP contribution in [0.25, 0.3) is 0 Å². The highest BCUT2D eigenvalue weighted by atomic mass is 79.9. The number of hydrogen-bond acceptors (Lipinski definition) is 3. The lowest BCUT2D eigenvalue weighted by atomic mass is 10.1. The van der Waals surface area contributed by atoms with Gasteiger partial charge in [-0.2, -0.15) is 0 Å². The van der Waals surface area contributed by atoms with Gasteiger partial charge in [0, 0.05) is 5.56 Å². The maximum Gasteiger partial charge on any atom is 0.176 e. The summed E-state index contributed by atoms with van der Waals surface area (Å²) in [5.41, 5.74) is 0.570. The maximum absolute atomic E-state index is 11.7. The van der Waals surface area contributed by atoms with Crippen molar-refractivity contribution < 1.29 is 9.90 Å². The number of carbonyl (C=O) groups excluding carboxylic acids is 1. The summed E-state index contributed by atoms with van der Waals surface area (Å²) in [5.74, 6) is 0.123. The average Bonchev–Trinajstić information content (AvgIpc) is 2.12. The first-order valence-corrected chi connectivity index (χ1v) is 5.86. The number of aromatic hydroxyl groups is 1. The number of phenols is 1. The third-order valence-corrected chi connectivity index (χ3v) is 3.01. The van der Waals surface area contributed by atoms with E-state index in [1.54, 1.807) is 17.0 Å². The molecule has 0 spiro atoms. The number of halogens is 2. The minimum Gasteiger partial charge on any atom is -0.506 e. The van der Waals surface area contributed by atoms with Gasteiger partial charge < -0.3 is 10.0 Å². The Hall–Kier alpha value is -0.390. The summed E-state index contributed by atoms with van der Waals surface area (Å²) < 4.78 is 1.03. The highest BCUT2D eigenvalue weighted by Gasteiger charge is 2.12. The highest BCUT2D eigenvalue weighted by Crippen LogP contribution is 2.33. The molecule has 5 heteroatoms. The van der Waals surface area contributed by atoms with Crippen molar-refractivity contribution in [3.63, 3.8) is 0 Å². The molecule has 0 atom stereocenters. The molecule has 15 heavy (non-hydrogen) atoms. The summed E-state index contributed by atoms with van der Waals surface area (Å²) in [4.78, 5) is 13.5. The van der Waals surface area contributed by atoms with Crippen molar-refractivity contribution in [2.45, 2.75) is 0 Å². The molecule has 1 N–H and O–H groups in total. The van der Waals surface area contributed by atoms with Gasteiger partial charge in [-0.25, -0.2) is 0 Å². The minimum atomic E-state index is 0.0152. The second kappa shape index (κ2) is 5.09. The SMILES string of the molecule is CN(C)CC(=O)c1cc(Br)c(O)c(Br)c1. The number of phenolic OH excluding ortho intramolecular Hbond substituents is 1. The van der Waals surface area contributed by atoms with Crippen molar-refractivity contribution in [2.24, 2.45) is 0 Å². The largest absolute Gasteiger partial charge is 0.506 e. The van der Waals surface area contributed by atoms with E-state index in [2.05, 4.69) is 31.9 Å². The number of ketones is 1. The summed E-state index contributed by atoms with van der Waals surface area (Å²) in [6.45, 7) is 0.351. The Balaban J connectivity index is 3.01. The smallest absolute Gasteiger partial charge is 0.176 e. The summed E-state index contributed by atoms with van der Waals surface area (Å²) >= 11 is 6.37. The molecule has 0 unspecified atom stereocenters. The number of rotatable bonds is 3. The van der Waals surface area contributed by atoms with Crippen LogP contribution in [0.2, 0.25) is 0 Å². The summed E-state index contributed by atoms with van der Waals surface area (Å²) in [6, 6.07) is 3.23. The van der Waals surface area contributed by atoms with E-state index in [0.717, 1.165) is 0 Å². The van der Waals surface area contributed by atoms with Crippen LogP contribution in [0.1, 0.15) is 10.4 Å². The second-order valence-corrected chi connectivity index (χ2v) is 5.16. The lowest BCUT2D eigenvalue weighted by molar-refractivity contribution is 0.0957. The van der Waals surface area contributed by atoms with Gasteiger partial charge >= 0.3 is 0 Å². The molecule has 0 fully saturated rings. The van der Waals surface area contributed by atoms with Gasteiger partial charge in [0.15, 0.2) is 5.78 Å². The lowest BCUT2D eigenvalue weighted by Crippen LogP contribution is -2.21. The molecule has 0 aliphatic rings. The van der Waals surface area contributed by atoms with Crippen molar-refractivity contribution in [2.75, 3.05) is 20.6 Å². The zero-order valence-electron chi connectivity index (χ0n) is 8.42. The Labute approximate surface area is 105 Å². The predicted octanol–water partition coefficient (Wildman–Crippen LogP) is 2.66. The summed E-state index contributed by atoms with van der Waals surface area (Å²) in [5, 5.41) is 9.48. The quantitative estimate of drug-likeness (QED) is 0.863. The average molecular weight is 337 g/mol. The van der Waals surface area contributed by atoms with Crippen molar-refractivity contribution >= 4 is 37.6 Å². The van der Waals surface area contributed by atoms with Gasteiger partial charge in [0.2, 0.25) is 0 Å². The van der Waals surface area contributed by atoms with E-state index in [1.807, 2.05) is 14.1 Å². The van der Waals surface area contributed by atoms with E-state index in [9.17, 15) is 9.90 Å². The topological polar surface area (TPSA) is 40.5 Å². The number of likely N-dealkylation sites (N-methyl/N-ethyl adjacent to an activating group) is 1. The summed E-state index contributed by atoms with van der Waals surface area (Å²) in [6.07, 6.45) is 0. The molecule has 1 rings (SSSR count). The van der Waals surface area contributed by atoms with Crippen LogP contribution in [-0.2, 0) is 0 Å². The van der Waals surface area contributed by atoms with E-state index in [1.165, 1.54) is 0 Å². The molecule has 3 nitrogen and oxygen atoms in total. The fourth-order valence-corrected chi connectivity index (χ4v) is 2.29. The molecule has 0 bridgehead atoms. The van der Waals surface area contributed by atoms with E-state index in [0.29, 0.717) is 21.1 Å². The number of carbonyl (C=O) groups is 1. The van der Waals surface area contributed by atoms with Gasteiger partial charge in [-0.15, -0.1) is 0 Å². The molecular weight excluding hydrogens is 326 g/mol. The molecule has 1 aromatic carbocycles.